The van der Waals surface area contributed by atoms with Gasteiger partial charge in [0.2, 0.25) is 5.91 Å². The third-order valence-corrected chi connectivity index (χ3v) is 4.38. The van der Waals surface area contributed by atoms with E-state index in [1.54, 1.807) is 4.90 Å². The van der Waals surface area contributed by atoms with Crippen LogP contribution in [0, 0.1) is 28.6 Å². The van der Waals surface area contributed by atoms with Crippen LogP contribution in [-0.2, 0) is 4.79 Å². The van der Waals surface area contributed by atoms with Crippen molar-refractivity contribution in [3.05, 3.63) is 0 Å². The number of hydrogen-bond donors (Lipinski definition) is 0. The van der Waals surface area contributed by atoms with Crippen molar-refractivity contribution in [1.82, 2.24) is 9.80 Å². The molecule has 1 unspecified atom stereocenters. The number of likely N-dealkylation sites (tertiary alicyclic amines) is 1. The number of rotatable bonds is 3. The molecule has 1 aliphatic carbocycles. The zero-order valence-electron chi connectivity index (χ0n) is 11.6. The quantitative estimate of drug-likeness (QED) is 0.758. The Morgan fingerprint density at radius 2 is 2.22 bits per heavy atom. The van der Waals surface area contributed by atoms with Crippen molar-refractivity contribution in [1.29, 1.82) is 5.26 Å². The van der Waals surface area contributed by atoms with Crippen LogP contribution in [-0.4, -0.2) is 49.4 Å². The molecule has 0 radical (unpaired) electrons. The van der Waals surface area contributed by atoms with Crippen molar-refractivity contribution in [3.63, 3.8) is 0 Å². The first-order valence-electron chi connectivity index (χ1n) is 6.82. The van der Waals surface area contributed by atoms with E-state index < -0.39 is 5.41 Å². The summed E-state index contributed by atoms with van der Waals surface area (Å²) < 4.78 is 0. The van der Waals surface area contributed by atoms with E-state index in [9.17, 15) is 10.1 Å². The van der Waals surface area contributed by atoms with Crippen LogP contribution in [0.2, 0.25) is 0 Å². The predicted molar refractivity (Wildman–Crippen MR) is 69.7 cm³/mol. The summed E-state index contributed by atoms with van der Waals surface area (Å²) >= 11 is 0. The highest BCUT2D eigenvalue weighted by atomic mass is 16.2. The SMILES string of the molecule is CC1CC(C#N)(C(=O)N(C)CC2CCN(C)C2)C1. The van der Waals surface area contributed by atoms with Crippen LogP contribution in [0.3, 0.4) is 0 Å². The van der Waals surface area contributed by atoms with Crippen LogP contribution < -0.4 is 0 Å². The molecule has 18 heavy (non-hydrogen) atoms. The van der Waals surface area contributed by atoms with Gasteiger partial charge in [0.05, 0.1) is 6.07 Å². The predicted octanol–water partition coefficient (Wildman–Crippen LogP) is 1.34. The summed E-state index contributed by atoms with van der Waals surface area (Å²) in [5.74, 6) is 1.12. The van der Waals surface area contributed by atoms with Gasteiger partial charge in [-0.05, 0) is 44.7 Å². The lowest BCUT2D eigenvalue weighted by Crippen LogP contribution is -2.49. The Bertz CT molecular complexity index is 368. The first-order chi connectivity index (χ1) is 8.47. The highest BCUT2D eigenvalue weighted by Gasteiger charge is 2.50. The van der Waals surface area contributed by atoms with Crippen molar-refractivity contribution in [2.24, 2.45) is 17.3 Å². The lowest BCUT2D eigenvalue weighted by atomic mass is 9.63. The fourth-order valence-electron chi connectivity index (χ4n) is 3.45. The fraction of sp³-hybridized carbons (Fsp3) is 0.857. The van der Waals surface area contributed by atoms with Gasteiger partial charge in [0.15, 0.2) is 0 Å². The van der Waals surface area contributed by atoms with Gasteiger partial charge >= 0.3 is 0 Å². The van der Waals surface area contributed by atoms with Crippen molar-refractivity contribution in [2.75, 3.05) is 33.7 Å². The summed E-state index contributed by atoms with van der Waals surface area (Å²) in [4.78, 5) is 16.5. The Morgan fingerprint density at radius 1 is 1.56 bits per heavy atom. The zero-order valence-corrected chi connectivity index (χ0v) is 11.6. The summed E-state index contributed by atoms with van der Waals surface area (Å²) in [5.41, 5.74) is -0.710. The minimum Gasteiger partial charge on any atom is -0.344 e. The summed E-state index contributed by atoms with van der Waals surface area (Å²) in [7, 11) is 3.97. The van der Waals surface area contributed by atoms with Crippen molar-refractivity contribution >= 4 is 5.91 Å². The highest BCUT2D eigenvalue weighted by Crippen LogP contribution is 2.46. The molecule has 0 aromatic rings. The smallest absolute Gasteiger partial charge is 0.242 e. The van der Waals surface area contributed by atoms with Gasteiger partial charge in [-0.25, -0.2) is 0 Å². The van der Waals surface area contributed by atoms with Gasteiger partial charge in [-0.15, -0.1) is 0 Å². The van der Waals surface area contributed by atoms with Crippen LogP contribution in [0.15, 0.2) is 0 Å². The molecular formula is C14H23N3O. The summed E-state index contributed by atoms with van der Waals surface area (Å²) in [5, 5.41) is 9.27. The van der Waals surface area contributed by atoms with Gasteiger partial charge in [-0.1, -0.05) is 6.92 Å². The van der Waals surface area contributed by atoms with Gasteiger partial charge in [-0.3, -0.25) is 4.79 Å². The molecule has 1 atom stereocenters. The van der Waals surface area contributed by atoms with Gasteiger partial charge in [0.1, 0.15) is 5.41 Å². The molecular weight excluding hydrogens is 226 g/mol. The van der Waals surface area contributed by atoms with Crippen molar-refractivity contribution in [3.8, 4) is 6.07 Å². The van der Waals surface area contributed by atoms with E-state index in [2.05, 4.69) is 24.9 Å². The molecule has 1 saturated heterocycles. The molecule has 2 fully saturated rings. The Labute approximate surface area is 110 Å². The average Bonchev–Trinajstić information content (AvgIpc) is 2.69. The summed E-state index contributed by atoms with van der Waals surface area (Å²) in [6.45, 7) is 5.08. The standard InChI is InChI=1S/C14H23N3O/c1-11-6-14(7-11,10-15)13(18)17(3)9-12-4-5-16(2)8-12/h11-12H,4-9H2,1-3H3. The maximum Gasteiger partial charge on any atom is 0.242 e. The molecule has 4 nitrogen and oxygen atoms in total. The molecule has 0 bridgehead atoms. The lowest BCUT2D eigenvalue weighted by molar-refractivity contribution is -0.144. The molecule has 0 spiro atoms. The topological polar surface area (TPSA) is 47.3 Å². The van der Waals surface area contributed by atoms with Gasteiger partial charge in [-0.2, -0.15) is 5.26 Å². The summed E-state index contributed by atoms with van der Waals surface area (Å²) in [6.07, 6.45) is 2.62. The molecule has 0 N–H and O–H groups in total. The van der Waals surface area contributed by atoms with Crippen LogP contribution in [0.1, 0.15) is 26.2 Å². The molecule has 1 saturated carbocycles. The molecule has 100 valence electrons. The Balaban J connectivity index is 1.91. The van der Waals surface area contributed by atoms with Gasteiger partial charge in [0.25, 0.3) is 0 Å². The normalized spacial score (nSPS) is 35.9. The first kappa shape index (κ1) is 13.4. The molecule has 2 aliphatic rings. The van der Waals surface area contributed by atoms with E-state index in [4.69, 9.17) is 0 Å². The van der Waals surface area contributed by atoms with Crippen LogP contribution in [0.5, 0.6) is 0 Å². The van der Waals surface area contributed by atoms with Crippen LogP contribution in [0.25, 0.3) is 0 Å². The van der Waals surface area contributed by atoms with Gasteiger partial charge < -0.3 is 9.80 Å². The number of carbonyl (C=O) groups is 1. The number of nitriles is 1. The largest absolute Gasteiger partial charge is 0.344 e. The molecule has 1 heterocycles. The maximum absolute atomic E-state index is 12.4. The minimum atomic E-state index is -0.710. The average molecular weight is 249 g/mol. The van der Waals surface area contributed by atoms with E-state index in [-0.39, 0.29) is 5.91 Å². The second-order valence-corrected chi connectivity index (χ2v) is 6.31. The Morgan fingerprint density at radius 3 is 2.67 bits per heavy atom. The number of carbonyl (C=O) groups excluding carboxylic acids is 1. The van der Waals surface area contributed by atoms with E-state index in [1.807, 2.05) is 7.05 Å². The Kier molecular flexibility index (Phi) is 3.63. The third-order valence-electron chi connectivity index (χ3n) is 4.38. The molecule has 2 rings (SSSR count). The minimum absolute atomic E-state index is 0.0395. The number of hydrogen-bond acceptors (Lipinski definition) is 3. The van der Waals surface area contributed by atoms with E-state index in [0.29, 0.717) is 11.8 Å². The molecule has 0 aromatic heterocycles. The van der Waals surface area contributed by atoms with E-state index in [0.717, 1.165) is 38.9 Å². The zero-order chi connectivity index (χ0) is 13.3. The van der Waals surface area contributed by atoms with E-state index in [1.165, 1.54) is 0 Å². The third kappa shape index (κ3) is 2.37. The number of amides is 1. The number of nitrogens with zero attached hydrogens (tertiary/aromatic N) is 3. The fourth-order valence-corrected chi connectivity index (χ4v) is 3.45. The first-order valence-corrected chi connectivity index (χ1v) is 6.82. The molecule has 4 heteroatoms. The second kappa shape index (κ2) is 4.89. The lowest BCUT2D eigenvalue weighted by Gasteiger charge is -2.41. The van der Waals surface area contributed by atoms with Crippen molar-refractivity contribution in [2.45, 2.75) is 26.2 Å². The van der Waals surface area contributed by atoms with Crippen molar-refractivity contribution < 1.29 is 4.79 Å². The van der Waals surface area contributed by atoms with E-state index >= 15 is 0 Å². The molecule has 1 aliphatic heterocycles. The summed E-state index contributed by atoms with van der Waals surface area (Å²) in [6, 6.07) is 2.26. The molecule has 0 aromatic carbocycles. The highest BCUT2D eigenvalue weighted by molar-refractivity contribution is 5.86. The second-order valence-electron chi connectivity index (χ2n) is 6.31. The monoisotopic (exact) mass is 249 g/mol. The maximum atomic E-state index is 12.4. The van der Waals surface area contributed by atoms with Crippen LogP contribution in [0.4, 0.5) is 0 Å². The molecule has 1 amide bonds. The van der Waals surface area contributed by atoms with Gasteiger partial charge in [0, 0.05) is 20.1 Å². The van der Waals surface area contributed by atoms with Crippen LogP contribution >= 0.6 is 0 Å². The Hall–Kier alpha value is -1.08.